The number of para-hydroxylation sites is 1. The van der Waals surface area contributed by atoms with Crippen molar-refractivity contribution in [3.8, 4) is 5.75 Å². The Bertz CT molecular complexity index is 921. The molecule has 6 heteroatoms. The third-order valence-corrected chi connectivity index (χ3v) is 6.77. The second-order valence-corrected chi connectivity index (χ2v) is 8.66. The second kappa shape index (κ2) is 9.37. The number of quaternary nitrogens is 1. The number of piperidine rings is 1. The molecule has 4 rings (SSSR count). The maximum absolute atomic E-state index is 12.6. The predicted molar refractivity (Wildman–Crippen MR) is 117 cm³/mol. The van der Waals surface area contributed by atoms with Crippen LogP contribution < -0.4 is 15.0 Å². The van der Waals surface area contributed by atoms with Gasteiger partial charge in [-0.3, -0.25) is 4.79 Å². The summed E-state index contributed by atoms with van der Waals surface area (Å²) in [6.07, 6.45) is 4.32. The average molecular weight is 411 g/mol. The van der Waals surface area contributed by atoms with Crippen molar-refractivity contribution in [2.45, 2.75) is 31.7 Å². The van der Waals surface area contributed by atoms with Crippen LogP contribution in [-0.4, -0.2) is 37.6 Å². The van der Waals surface area contributed by atoms with Crippen LogP contribution in [0.4, 0.5) is 0 Å². The van der Waals surface area contributed by atoms with Crippen LogP contribution in [0, 0.1) is 0 Å². The molecule has 1 aliphatic heterocycles. The molecule has 1 aromatic heterocycles. The number of nitrogens with one attached hydrogen (secondary N) is 2. The van der Waals surface area contributed by atoms with Crippen molar-refractivity contribution < 1.29 is 14.4 Å². The lowest BCUT2D eigenvalue weighted by Crippen LogP contribution is -3.14. The zero-order chi connectivity index (χ0) is 20.1. The van der Waals surface area contributed by atoms with Gasteiger partial charge in [0, 0.05) is 13.0 Å². The number of fused-ring (bicyclic) bond motifs is 1. The number of nitrogens with zero attached hydrogens (tertiary/aromatic N) is 1. The van der Waals surface area contributed by atoms with E-state index in [1.807, 2.05) is 30.3 Å². The van der Waals surface area contributed by atoms with Gasteiger partial charge in [-0.25, -0.2) is 4.98 Å². The van der Waals surface area contributed by atoms with Gasteiger partial charge in [-0.2, -0.15) is 0 Å². The van der Waals surface area contributed by atoms with E-state index in [9.17, 15) is 4.79 Å². The minimum atomic E-state index is 0.126. The first-order valence-corrected chi connectivity index (χ1v) is 11.1. The fourth-order valence-corrected chi connectivity index (χ4v) is 5.20. The minimum absolute atomic E-state index is 0.126. The van der Waals surface area contributed by atoms with Crippen LogP contribution >= 0.6 is 11.3 Å². The van der Waals surface area contributed by atoms with Crippen molar-refractivity contribution in [1.29, 1.82) is 0 Å². The number of thiazole rings is 1. The summed E-state index contributed by atoms with van der Waals surface area (Å²) in [6, 6.07) is 16.6. The summed E-state index contributed by atoms with van der Waals surface area (Å²) < 4.78 is 6.42. The standard InChI is InChI=1S/C23H27N3O2S/c1-28-18-11-9-17(10-12-18)13-14-24-22(27)16-26-15-5-4-7-20(26)23-25-19-6-2-3-8-21(19)29-23/h2-3,6,8-12,20H,4-5,7,13-16H2,1H3,(H,24,27)/p+1/t20-/m0/s1. The molecule has 2 heterocycles. The van der Waals surface area contributed by atoms with Crippen molar-refractivity contribution >= 4 is 27.5 Å². The number of methoxy groups -OCH3 is 1. The first-order chi connectivity index (χ1) is 14.2. The van der Waals surface area contributed by atoms with Gasteiger partial charge < -0.3 is 15.0 Å². The highest BCUT2D eigenvalue weighted by Crippen LogP contribution is 2.28. The summed E-state index contributed by atoms with van der Waals surface area (Å²) >= 11 is 1.78. The second-order valence-electron chi connectivity index (χ2n) is 7.60. The largest absolute Gasteiger partial charge is 0.497 e. The van der Waals surface area contributed by atoms with Gasteiger partial charge in [0.2, 0.25) is 0 Å². The molecule has 2 N–H and O–H groups in total. The summed E-state index contributed by atoms with van der Waals surface area (Å²) in [6.45, 7) is 2.21. The maximum Gasteiger partial charge on any atom is 0.275 e. The number of carbonyl (C=O) groups is 1. The van der Waals surface area contributed by atoms with Crippen molar-refractivity contribution in [3.05, 3.63) is 59.1 Å². The van der Waals surface area contributed by atoms with Gasteiger partial charge in [0.15, 0.2) is 11.6 Å². The monoisotopic (exact) mass is 410 g/mol. The molecule has 1 unspecified atom stereocenters. The molecule has 0 aliphatic carbocycles. The fourth-order valence-electron chi connectivity index (χ4n) is 4.03. The van der Waals surface area contributed by atoms with E-state index in [2.05, 4.69) is 23.5 Å². The third-order valence-electron chi connectivity index (χ3n) is 5.62. The molecule has 3 aromatic rings. The molecular weight excluding hydrogens is 382 g/mol. The Balaban J connectivity index is 1.33. The molecule has 2 atom stereocenters. The Morgan fingerprint density at radius 3 is 2.83 bits per heavy atom. The normalized spacial score (nSPS) is 19.2. The highest BCUT2D eigenvalue weighted by atomic mass is 32.1. The Hall–Kier alpha value is -2.44. The molecule has 1 saturated heterocycles. The van der Waals surface area contributed by atoms with Crippen molar-refractivity contribution in [1.82, 2.24) is 10.3 Å². The highest BCUT2D eigenvalue weighted by molar-refractivity contribution is 7.18. The van der Waals surface area contributed by atoms with Gasteiger partial charge in [0.25, 0.3) is 5.91 Å². The van der Waals surface area contributed by atoms with Crippen molar-refractivity contribution in [3.63, 3.8) is 0 Å². The van der Waals surface area contributed by atoms with Crippen LogP contribution in [0.2, 0.25) is 0 Å². The van der Waals surface area contributed by atoms with Crippen LogP contribution in [0.15, 0.2) is 48.5 Å². The maximum atomic E-state index is 12.6. The van der Waals surface area contributed by atoms with E-state index >= 15 is 0 Å². The fraction of sp³-hybridized carbons (Fsp3) is 0.391. The van der Waals surface area contributed by atoms with Gasteiger partial charge in [0.05, 0.1) is 23.9 Å². The number of ether oxygens (including phenoxy) is 1. The predicted octanol–water partition coefficient (Wildman–Crippen LogP) is 2.77. The van der Waals surface area contributed by atoms with E-state index in [1.165, 1.54) is 33.0 Å². The quantitative estimate of drug-likeness (QED) is 0.630. The number of likely N-dealkylation sites (tertiary alicyclic amines) is 1. The Morgan fingerprint density at radius 1 is 1.21 bits per heavy atom. The Labute approximate surface area is 175 Å². The molecule has 29 heavy (non-hydrogen) atoms. The van der Waals surface area contributed by atoms with Crippen LogP contribution in [0.25, 0.3) is 10.2 Å². The lowest BCUT2D eigenvalue weighted by atomic mass is 10.0. The summed E-state index contributed by atoms with van der Waals surface area (Å²) in [7, 11) is 1.67. The first kappa shape index (κ1) is 19.9. The van der Waals surface area contributed by atoms with Crippen LogP contribution in [0.5, 0.6) is 5.75 Å². The molecule has 1 aliphatic rings. The van der Waals surface area contributed by atoms with Crippen LogP contribution in [0.3, 0.4) is 0 Å². The smallest absolute Gasteiger partial charge is 0.275 e. The molecule has 152 valence electrons. The average Bonchev–Trinajstić information content (AvgIpc) is 3.19. The SMILES string of the molecule is COc1ccc(CCNC(=O)C[NH+]2CCCC[C@H]2c2nc3ccccc3s2)cc1. The van der Waals surface area contributed by atoms with Crippen molar-refractivity contribution in [2.75, 3.05) is 26.7 Å². The molecule has 5 nitrogen and oxygen atoms in total. The lowest BCUT2D eigenvalue weighted by Gasteiger charge is -2.30. The molecule has 1 amide bonds. The Morgan fingerprint density at radius 2 is 2.03 bits per heavy atom. The number of benzene rings is 2. The topological polar surface area (TPSA) is 55.7 Å². The summed E-state index contributed by atoms with van der Waals surface area (Å²) in [5.41, 5.74) is 2.27. The van der Waals surface area contributed by atoms with Gasteiger partial charge in [0.1, 0.15) is 11.8 Å². The van der Waals surface area contributed by atoms with Crippen molar-refractivity contribution in [2.24, 2.45) is 0 Å². The zero-order valence-corrected chi connectivity index (χ0v) is 17.6. The summed E-state index contributed by atoms with van der Waals surface area (Å²) in [5.74, 6) is 0.980. The van der Waals surface area contributed by atoms with Crippen LogP contribution in [-0.2, 0) is 11.2 Å². The number of aromatic nitrogens is 1. The molecule has 0 saturated carbocycles. The van der Waals surface area contributed by atoms with Crippen LogP contribution in [0.1, 0.15) is 35.9 Å². The number of amides is 1. The first-order valence-electron chi connectivity index (χ1n) is 10.3. The number of carbonyl (C=O) groups excluding carboxylic acids is 1. The summed E-state index contributed by atoms with van der Waals surface area (Å²) in [4.78, 5) is 18.8. The Kier molecular flexibility index (Phi) is 6.42. The highest BCUT2D eigenvalue weighted by Gasteiger charge is 2.31. The van der Waals surface area contributed by atoms with Gasteiger partial charge >= 0.3 is 0 Å². The van der Waals surface area contributed by atoms with E-state index in [1.54, 1.807) is 18.4 Å². The van der Waals surface area contributed by atoms with E-state index in [4.69, 9.17) is 9.72 Å². The number of rotatable bonds is 7. The molecule has 0 bridgehead atoms. The third kappa shape index (κ3) is 4.95. The number of hydrogen-bond donors (Lipinski definition) is 2. The zero-order valence-electron chi connectivity index (χ0n) is 16.8. The molecule has 0 radical (unpaired) electrons. The molecular formula is C23H28N3O2S+. The van der Waals surface area contributed by atoms with E-state index in [0.717, 1.165) is 30.7 Å². The van der Waals surface area contributed by atoms with Gasteiger partial charge in [-0.15, -0.1) is 11.3 Å². The molecule has 0 spiro atoms. The molecule has 2 aromatic carbocycles. The molecule has 1 fully saturated rings. The van der Waals surface area contributed by atoms with Gasteiger partial charge in [-0.1, -0.05) is 24.3 Å². The summed E-state index contributed by atoms with van der Waals surface area (Å²) in [5, 5.41) is 4.27. The minimum Gasteiger partial charge on any atom is -0.497 e. The van der Waals surface area contributed by atoms with Gasteiger partial charge in [-0.05, 0) is 49.1 Å². The lowest BCUT2D eigenvalue weighted by molar-refractivity contribution is -0.929. The van der Waals surface area contributed by atoms with E-state index in [0.29, 0.717) is 19.1 Å². The number of hydrogen-bond acceptors (Lipinski definition) is 4. The van der Waals surface area contributed by atoms with E-state index in [-0.39, 0.29) is 5.91 Å². The van der Waals surface area contributed by atoms with E-state index < -0.39 is 0 Å².